The van der Waals surface area contributed by atoms with Crippen LogP contribution < -0.4 is 5.32 Å². The molecular formula is C21H19NO4. The minimum atomic E-state index is -0.965. The molecular weight excluding hydrogens is 330 g/mol. The minimum absolute atomic E-state index is 0.00157. The predicted octanol–water partition coefficient (Wildman–Crippen LogP) is 2.41. The van der Waals surface area contributed by atoms with Crippen LogP contribution in [0.3, 0.4) is 0 Å². The molecule has 0 amide bonds. The number of benzene rings is 2. The Balaban J connectivity index is 1.62. The van der Waals surface area contributed by atoms with E-state index in [1.807, 2.05) is 24.3 Å². The molecule has 0 fully saturated rings. The van der Waals surface area contributed by atoms with Gasteiger partial charge in [0.1, 0.15) is 12.6 Å². The second-order valence-electron chi connectivity index (χ2n) is 6.07. The van der Waals surface area contributed by atoms with Crippen molar-refractivity contribution in [2.24, 2.45) is 0 Å². The van der Waals surface area contributed by atoms with E-state index >= 15 is 0 Å². The number of rotatable bonds is 5. The molecule has 0 spiro atoms. The van der Waals surface area contributed by atoms with Gasteiger partial charge in [-0.15, -0.1) is 0 Å². The maximum absolute atomic E-state index is 11.9. The number of carboxylic acid groups (broad SMARTS) is 1. The average Bonchev–Trinajstić information content (AvgIpc) is 2.97. The van der Waals surface area contributed by atoms with Gasteiger partial charge in [-0.05, 0) is 29.2 Å². The second kappa shape index (κ2) is 7.85. The molecule has 132 valence electrons. The first-order valence-electron chi connectivity index (χ1n) is 8.38. The highest BCUT2D eigenvalue weighted by Gasteiger charge is 2.28. The van der Waals surface area contributed by atoms with Crippen molar-refractivity contribution in [3.8, 4) is 23.0 Å². The number of hydrogen-bond acceptors (Lipinski definition) is 4. The Morgan fingerprint density at radius 1 is 1.12 bits per heavy atom. The number of fused-ring (bicyclic) bond motifs is 3. The Labute approximate surface area is 152 Å². The van der Waals surface area contributed by atoms with Crippen LogP contribution in [0.2, 0.25) is 0 Å². The summed E-state index contributed by atoms with van der Waals surface area (Å²) in [5.41, 5.74) is 4.63. The highest BCUT2D eigenvalue weighted by molar-refractivity contribution is 5.88. The van der Waals surface area contributed by atoms with Crippen molar-refractivity contribution in [2.45, 2.75) is 18.9 Å². The third-order valence-corrected chi connectivity index (χ3v) is 4.40. The molecule has 5 nitrogen and oxygen atoms in total. The van der Waals surface area contributed by atoms with Crippen LogP contribution in [0, 0.1) is 11.8 Å². The van der Waals surface area contributed by atoms with Crippen LogP contribution in [0.25, 0.3) is 11.1 Å². The second-order valence-corrected chi connectivity index (χ2v) is 6.07. The third-order valence-electron chi connectivity index (χ3n) is 4.40. The standard InChI is InChI=1S/C21H19NO4/c1-14(21(24)25)22-12-6-11-20(23)26-13-19-17-9-4-2-7-15(17)16-8-3-5-10-18(16)19/h2-5,7-10,14,19,22H,12-13H2,1H3,(H,24,25)/t14-/m0/s1. The van der Waals surface area contributed by atoms with Gasteiger partial charge in [0.2, 0.25) is 0 Å². The number of ether oxygens (including phenoxy) is 1. The van der Waals surface area contributed by atoms with Crippen LogP contribution in [-0.4, -0.2) is 36.2 Å². The van der Waals surface area contributed by atoms with Gasteiger partial charge in [0.15, 0.2) is 0 Å². The van der Waals surface area contributed by atoms with Gasteiger partial charge in [-0.2, -0.15) is 0 Å². The molecule has 1 aliphatic rings. The highest BCUT2D eigenvalue weighted by Crippen LogP contribution is 2.44. The number of carbonyl (C=O) groups excluding carboxylic acids is 1. The van der Waals surface area contributed by atoms with Crippen molar-refractivity contribution in [3.63, 3.8) is 0 Å². The van der Waals surface area contributed by atoms with Gasteiger partial charge < -0.3 is 9.84 Å². The molecule has 3 rings (SSSR count). The summed E-state index contributed by atoms with van der Waals surface area (Å²) < 4.78 is 5.34. The summed E-state index contributed by atoms with van der Waals surface area (Å²) in [4.78, 5) is 22.5. The molecule has 5 heteroatoms. The SMILES string of the molecule is C[C@H](NCC#CC(=O)OCC1c2ccccc2-c2ccccc21)C(=O)O. The molecule has 0 bridgehead atoms. The van der Waals surface area contributed by atoms with E-state index < -0.39 is 18.0 Å². The number of hydrogen-bond donors (Lipinski definition) is 2. The van der Waals surface area contributed by atoms with Gasteiger partial charge in [-0.1, -0.05) is 54.5 Å². The molecule has 0 saturated carbocycles. The van der Waals surface area contributed by atoms with E-state index in [1.54, 1.807) is 0 Å². The van der Waals surface area contributed by atoms with Crippen LogP contribution in [0.15, 0.2) is 48.5 Å². The minimum Gasteiger partial charge on any atom is -0.480 e. The molecule has 0 unspecified atom stereocenters. The summed E-state index contributed by atoms with van der Waals surface area (Å²) in [6.07, 6.45) is 0. The monoisotopic (exact) mass is 349 g/mol. The Kier molecular flexibility index (Phi) is 5.35. The maximum Gasteiger partial charge on any atom is 0.384 e. The number of carbonyl (C=O) groups is 2. The van der Waals surface area contributed by atoms with Gasteiger partial charge in [0, 0.05) is 11.8 Å². The average molecular weight is 349 g/mol. The van der Waals surface area contributed by atoms with Gasteiger partial charge >= 0.3 is 11.9 Å². The van der Waals surface area contributed by atoms with E-state index in [0.717, 1.165) is 11.1 Å². The molecule has 2 aromatic carbocycles. The van der Waals surface area contributed by atoms with Gasteiger partial charge in [0.25, 0.3) is 0 Å². The summed E-state index contributed by atoms with van der Waals surface area (Å²) in [5, 5.41) is 11.4. The van der Waals surface area contributed by atoms with E-state index in [1.165, 1.54) is 18.1 Å². The summed E-state index contributed by atoms with van der Waals surface area (Å²) in [6, 6.07) is 15.5. The van der Waals surface area contributed by atoms with Gasteiger partial charge in [-0.25, -0.2) is 4.79 Å². The van der Waals surface area contributed by atoms with Crippen LogP contribution in [0.5, 0.6) is 0 Å². The molecule has 0 heterocycles. The largest absolute Gasteiger partial charge is 0.480 e. The van der Waals surface area contributed by atoms with Crippen LogP contribution >= 0.6 is 0 Å². The summed E-state index contributed by atoms with van der Waals surface area (Å²) >= 11 is 0. The number of aliphatic carboxylic acids is 1. The zero-order chi connectivity index (χ0) is 18.5. The molecule has 0 aromatic heterocycles. The topological polar surface area (TPSA) is 75.6 Å². The van der Waals surface area contributed by atoms with Crippen molar-refractivity contribution in [1.29, 1.82) is 0 Å². The molecule has 2 aromatic rings. The number of nitrogens with one attached hydrogen (secondary N) is 1. The lowest BCUT2D eigenvalue weighted by atomic mass is 9.98. The Hall–Kier alpha value is -3.10. The predicted molar refractivity (Wildman–Crippen MR) is 97.6 cm³/mol. The fraction of sp³-hybridized carbons (Fsp3) is 0.238. The van der Waals surface area contributed by atoms with E-state index in [4.69, 9.17) is 9.84 Å². The van der Waals surface area contributed by atoms with Gasteiger partial charge in [0.05, 0.1) is 6.54 Å². The van der Waals surface area contributed by atoms with E-state index in [0.29, 0.717) is 0 Å². The quantitative estimate of drug-likeness (QED) is 0.493. The lowest BCUT2D eigenvalue weighted by Gasteiger charge is -2.12. The van der Waals surface area contributed by atoms with E-state index in [-0.39, 0.29) is 19.1 Å². The molecule has 0 saturated heterocycles. The number of carboxylic acids is 1. The molecule has 2 N–H and O–H groups in total. The fourth-order valence-electron chi connectivity index (χ4n) is 3.04. The zero-order valence-corrected chi connectivity index (χ0v) is 14.4. The van der Waals surface area contributed by atoms with Crippen molar-refractivity contribution in [3.05, 3.63) is 59.7 Å². The summed E-state index contributed by atoms with van der Waals surface area (Å²) in [5.74, 6) is 3.39. The number of esters is 1. The first-order valence-corrected chi connectivity index (χ1v) is 8.38. The van der Waals surface area contributed by atoms with E-state index in [9.17, 15) is 9.59 Å². The third kappa shape index (κ3) is 3.76. The molecule has 1 atom stereocenters. The van der Waals surface area contributed by atoms with Crippen molar-refractivity contribution in [2.75, 3.05) is 13.2 Å². The Morgan fingerprint density at radius 3 is 2.27 bits per heavy atom. The van der Waals surface area contributed by atoms with Gasteiger partial charge in [-0.3, -0.25) is 10.1 Å². The smallest absolute Gasteiger partial charge is 0.384 e. The van der Waals surface area contributed by atoms with Crippen molar-refractivity contribution in [1.82, 2.24) is 5.32 Å². The van der Waals surface area contributed by atoms with Crippen LogP contribution in [0.4, 0.5) is 0 Å². The maximum atomic E-state index is 11.9. The lowest BCUT2D eigenvalue weighted by Crippen LogP contribution is -2.33. The van der Waals surface area contributed by atoms with Crippen molar-refractivity contribution >= 4 is 11.9 Å². The molecule has 0 aliphatic heterocycles. The summed E-state index contributed by atoms with van der Waals surface area (Å²) in [7, 11) is 0. The zero-order valence-electron chi connectivity index (χ0n) is 14.4. The Morgan fingerprint density at radius 2 is 1.69 bits per heavy atom. The first kappa shape index (κ1) is 17.7. The van der Waals surface area contributed by atoms with Crippen LogP contribution in [0.1, 0.15) is 24.0 Å². The Bertz CT molecular complexity index is 849. The summed E-state index contributed by atoms with van der Waals surface area (Å²) in [6.45, 7) is 1.84. The van der Waals surface area contributed by atoms with E-state index in [2.05, 4.69) is 41.4 Å². The highest BCUT2D eigenvalue weighted by atomic mass is 16.5. The normalized spacial score (nSPS) is 13.1. The molecule has 1 aliphatic carbocycles. The lowest BCUT2D eigenvalue weighted by molar-refractivity contribution is -0.139. The first-order chi connectivity index (χ1) is 12.6. The molecule has 0 radical (unpaired) electrons. The van der Waals surface area contributed by atoms with Crippen LogP contribution in [-0.2, 0) is 14.3 Å². The fourth-order valence-corrected chi connectivity index (χ4v) is 3.04. The van der Waals surface area contributed by atoms with Crippen molar-refractivity contribution < 1.29 is 19.4 Å². The molecule has 26 heavy (non-hydrogen) atoms.